The Balaban J connectivity index is 0.00000242. The average molecular weight is 577 g/mol. The van der Waals surface area contributed by atoms with Crippen LogP contribution in [-0.4, -0.2) is 25.8 Å². The Labute approximate surface area is 282 Å². The number of ether oxygens (including phenoxy) is 1. The van der Waals surface area contributed by atoms with Crippen molar-refractivity contribution in [3.05, 3.63) is 116 Å². The van der Waals surface area contributed by atoms with E-state index in [1.807, 2.05) is 93.6 Å². The molecule has 3 aromatic carbocycles. The van der Waals surface area contributed by atoms with E-state index in [1.54, 1.807) is 4.57 Å². The first kappa shape index (κ1) is 30.9. The van der Waals surface area contributed by atoms with Crippen LogP contribution in [0.15, 0.2) is 86.9 Å². The molecule has 0 bridgehead atoms. The third-order valence-electron chi connectivity index (χ3n) is 6.65. The quantitative estimate of drug-likeness (QED) is 0.271. The smallest absolute Gasteiger partial charge is 1.00 e. The third kappa shape index (κ3) is 7.05. The average Bonchev–Trinajstić information content (AvgIpc) is 3.38. The molecule has 0 unspecified atom stereocenters. The van der Waals surface area contributed by atoms with E-state index in [1.165, 1.54) is 0 Å². The molecule has 0 fully saturated rings. The standard InChI is InChI=1S/C32H32N4O4.K.H/c1-5-8-29-28(31(37)36(21(4)33-29)24-15-17-25(18-16-24)39-20(2)3)19-22-11-13-23(14-12-22)26-9-6-7-10-27(26)30-34-32(38)40-35-30;;/h6-7,9-18,20H,5,8,19H2,1-4H3,(H,34,35,38);;/q;+1;-1. The molecule has 2 aromatic heterocycles. The summed E-state index contributed by atoms with van der Waals surface area (Å²) in [7, 11) is 0. The van der Waals surface area contributed by atoms with Crippen LogP contribution in [0.1, 0.15) is 51.3 Å². The topological polar surface area (TPSA) is 103 Å². The van der Waals surface area contributed by atoms with Crippen molar-refractivity contribution in [2.24, 2.45) is 0 Å². The summed E-state index contributed by atoms with van der Waals surface area (Å²) in [4.78, 5) is 32.9. The second-order valence-electron chi connectivity index (χ2n) is 10.00. The molecule has 0 amide bonds. The van der Waals surface area contributed by atoms with Gasteiger partial charge < -0.3 is 6.16 Å². The van der Waals surface area contributed by atoms with Crippen LogP contribution in [0.5, 0.6) is 5.75 Å². The molecular formula is C32H33KN4O4. The van der Waals surface area contributed by atoms with Crippen LogP contribution in [-0.2, 0) is 12.8 Å². The van der Waals surface area contributed by atoms with E-state index in [2.05, 4.69) is 17.1 Å². The second kappa shape index (κ2) is 13.7. The van der Waals surface area contributed by atoms with E-state index in [-0.39, 0.29) is 64.5 Å². The second-order valence-corrected chi connectivity index (χ2v) is 10.00. The zero-order valence-corrected chi connectivity index (χ0v) is 27.2. The largest absolute Gasteiger partial charge is 1.00 e. The van der Waals surface area contributed by atoms with Gasteiger partial charge in [0, 0.05) is 17.5 Å². The number of aromatic nitrogens is 4. The minimum absolute atomic E-state index is 0. The molecule has 0 saturated heterocycles. The molecule has 1 N–H and O–H groups in total. The van der Waals surface area contributed by atoms with Crippen LogP contribution in [0.2, 0.25) is 0 Å². The predicted molar refractivity (Wildman–Crippen MR) is 156 cm³/mol. The van der Waals surface area contributed by atoms with Gasteiger partial charge in [0.05, 0.1) is 17.5 Å². The molecule has 5 rings (SSSR count). The minimum Gasteiger partial charge on any atom is -1.00 e. The fraction of sp³-hybridized carbons (Fsp3) is 0.250. The number of nitrogens with one attached hydrogen (secondary N) is 1. The molecule has 0 spiro atoms. The molecule has 5 aromatic rings. The molecule has 9 heteroatoms. The van der Waals surface area contributed by atoms with Gasteiger partial charge in [-0.05, 0) is 68.1 Å². The number of aryl methyl sites for hydroxylation is 2. The first-order valence-electron chi connectivity index (χ1n) is 13.5. The summed E-state index contributed by atoms with van der Waals surface area (Å²) >= 11 is 0. The van der Waals surface area contributed by atoms with Crippen molar-refractivity contribution in [3.8, 4) is 34.0 Å². The fourth-order valence-electron chi connectivity index (χ4n) is 4.88. The number of H-pyrrole nitrogens is 1. The van der Waals surface area contributed by atoms with Gasteiger partial charge >= 0.3 is 57.1 Å². The first-order chi connectivity index (χ1) is 19.3. The van der Waals surface area contributed by atoms with Crippen LogP contribution >= 0.6 is 0 Å². The molecule has 0 aliphatic heterocycles. The number of aromatic amines is 1. The zero-order valence-electron chi connectivity index (χ0n) is 25.1. The molecule has 0 aliphatic carbocycles. The maximum atomic E-state index is 13.9. The maximum Gasteiger partial charge on any atom is 1.00 e. The van der Waals surface area contributed by atoms with Gasteiger partial charge in [-0.25, -0.2) is 9.78 Å². The van der Waals surface area contributed by atoms with E-state index < -0.39 is 5.76 Å². The monoisotopic (exact) mass is 576 g/mol. The summed E-state index contributed by atoms with van der Waals surface area (Å²) in [6.07, 6.45) is 2.16. The molecule has 0 aliphatic rings. The zero-order chi connectivity index (χ0) is 28.2. The van der Waals surface area contributed by atoms with Crippen molar-refractivity contribution in [3.63, 3.8) is 0 Å². The number of hydrogen-bond acceptors (Lipinski definition) is 6. The maximum absolute atomic E-state index is 13.9. The molecular weight excluding hydrogens is 543 g/mol. The van der Waals surface area contributed by atoms with E-state index in [4.69, 9.17) is 14.2 Å². The summed E-state index contributed by atoms with van der Waals surface area (Å²) in [6, 6.07) is 23.3. The van der Waals surface area contributed by atoms with Gasteiger partial charge in [0.2, 0.25) is 0 Å². The van der Waals surface area contributed by atoms with E-state index in [0.29, 0.717) is 23.6 Å². The fourth-order valence-corrected chi connectivity index (χ4v) is 4.88. The van der Waals surface area contributed by atoms with Gasteiger partial charge in [0.1, 0.15) is 11.6 Å². The number of nitrogens with zero attached hydrogens (tertiary/aromatic N) is 3. The number of hydrogen-bond donors (Lipinski definition) is 1. The van der Waals surface area contributed by atoms with Crippen molar-refractivity contribution < 1.29 is 62.1 Å². The van der Waals surface area contributed by atoms with Gasteiger partial charge in [0.25, 0.3) is 5.56 Å². The van der Waals surface area contributed by atoms with Crippen LogP contribution in [0.25, 0.3) is 28.2 Å². The Morgan fingerprint density at radius 2 is 1.66 bits per heavy atom. The Bertz CT molecular complexity index is 1740. The summed E-state index contributed by atoms with van der Waals surface area (Å²) < 4.78 is 12.1. The van der Waals surface area contributed by atoms with Crippen molar-refractivity contribution in [2.45, 2.75) is 53.1 Å². The molecule has 0 radical (unpaired) electrons. The molecule has 0 saturated carbocycles. The number of rotatable bonds is 9. The molecule has 41 heavy (non-hydrogen) atoms. The minimum atomic E-state index is -0.597. The summed E-state index contributed by atoms with van der Waals surface area (Å²) in [6.45, 7) is 7.93. The summed E-state index contributed by atoms with van der Waals surface area (Å²) in [5, 5.41) is 3.85. The summed E-state index contributed by atoms with van der Waals surface area (Å²) in [5.41, 5.74) is 5.87. The van der Waals surface area contributed by atoms with Gasteiger partial charge in [-0.15, -0.1) is 0 Å². The Kier molecular flexibility index (Phi) is 10.3. The molecule has 0 atom stereocenters. The van der Waals surface area contributed by atoms with Crippen molar-refractivity contribution in [1.29, 1.82) is 0 Å². The van der Waals surface area contributed by atoms with Crippen LogP contribution in [0.4, 0.5) is 0 Å². The van der Waals surface area contributed by atoms with E-state index in [9.17, 15) is 9.59 Å². The van der Waals surface area contributed by atoms with Crippen molar-refractivity contribution in [2.75, 3.05) is 0 Å². The van der Waals surface area contributed by atoms with Gasteiger partial charge in [-0.2, -0.15) is 0 Å². The predicted octanol–water partition coefficient (Wildman–Crippen LogP) is 3.00. The Morgan fingerprint density at radius 3 is 2.27 bits per heavy atom. The van der Waals surface area contributed by atoms with Crippen LogP contribution in [0.3, 0.4) is 0 Å². The van der Waals surface area contributed by atoms with Gasteiger partial charge in [-0.3, -0.25) is 18.9 Å². The Hall–Kier alpha value is -3.08. The molecule has 2 heterocycles. The van der Waals surface area contributed by atoms with Crippen LogP contribution < -0.4 is 67.4 Å². The van der Waals surface area contributed by atoms with E-state index in [0.717, 1.165) is 52.2 Å². The Morgan fingerprint density at radius 1 is 0.976 bits per heavy atom. The summed E-state index contributed by atoms with van der Waals surface area (Å²) in [5.74, 6) is 1.20. The van der Waals surface area contributed by atoms with Crippen LogP contribution in [0, 0.1) is 6.92 Å². The van der Waals surface area contributed by atoms with E-state index >= 15 is 0 Å². The third-order valence-corrected chi connectivity index (χ3v) is 6.65. The molecule has 206 valence electrons. The van der Waals surface area contributed by atoms with Gasteiger partial charge in [-0.1, -0.05) is 67.0 Å². The van der Waals surface area contributed by atoms with Crippen molar-refractivity contribution >= 4 is 0 Å². The first-order valence-corrected chi connectivity index (χ1v) is 13.5. The normalized spacial score (nSPS) is 11.0. The number of benzene rings is 3. The molecule has 8 nitrogen and oxygen atoms in total. The SMILES string of the molecule is CCCc1nc(C)n(-c2ccc(OC(C)C)cc2)c(=O)c1Cc1ccc(-c2ccccc2-c2noc(=O)[nH]2)cc1.[H-].[K+]. The van der Waals surface area contributed by atoms with Gasteiger partial charge in [0.15, 0.2) is 5.82 Å². The van der Waals surface area contributed by atoms with Crippen molar-refractivity contribution in [1.82, 2.24) is 19.7 Å².